The molecule has 28 nitrogen and oxygen atoms in total. The van der Waals surface area contributed by atoms with Crippen LogP contribution in [0.4, 0.5) is 27.5 Å². The first-order chi connectivity index (χ1) is 50.5. The second-order valence-electron chi connectivity index (χ2n) is 29.3. The monoisotopic (exact) mass is 1440 g/mol. The Hall–Kier alpha value is -10.8. The Labute approximate surface area is 608 Å². The number of rotatable bonds is 26. The van der Waals surface area contributed by atoms with E-state index in [0.717, 1.165) is 58.8 Å². The molecular formula is C77H91N13O15. The number of hydrogen-bond acceptors (Lipinski definition) is 18. The van der Waals surface area contributed by atoms with Crippen LogP contribution in [0.25, 0.3) is 22.5 Å². The number of aliphatic hydroxyl groups excluding tert-OH is 1. The summed E-state index contributed by atoms with van der Waals surface area (Å²) in [6.45, 7) is 10.4. The predicted octanol–water partition coefficient (Wildman–Crippen LogP) is 7.87. The van der Waals surface area contributed by atoms with Gasteiger partial charge in [-0.2, -0.15) is 0 Å². The van der Waals surface area contributed by atoms with E-state index in [1.54, 1.807) is 67.2 Å². The third-order valence-corrected chi connectivity index (χ3v) is 21.1. The average molecular weight is 1440 g/mol. The zero-order valence-electron chi connectivity index (χ0n) is 60.2. The topological polar surface area (TPSA) is 336 Å². The van der Waals surface area contributed by atoms with Crippen molar-refractivity contribution >= 4 is 76.1 Å². The number of aliphatic hydroxyl groups is 1. The average Bonchev–Trinajstić information content (AvgIpc) is 1.59. The van der Waals surface area contributed by atoms with Crippen LogP contribution in [0.15, 0.2) is 97.1 Å². The Morgan fingerprint density at radius 1 is 0.657 bits per heavy atom. The number of carbonyl (C=O) groups is 9. The van der Waals surface area contributed by atoms with Crippen molar-refractivity contribution in [3.63, 3.8) is 0 Å². The predicted molar refractivity (Wildman–Crippen MR) is 387 cm³/mol. The van der Waals surface area contributed by atoms with Gasteiger partial charge in [-0.25, -0.2) is 14.4 Å². The number of para-hydroxylation sites is 1. The number of methoxy groups -OCH3 is 2. The lowest BCUT2D eigenvalue weighted by Gasteiger charge is -2.31. The van der Waals surface area contributed by atoms with Gasteiger partial charge in [0.25, 0.3) is 11.8 Å². The maximum atomic E-state index is 14.5. The molecule has 5 aromatic carbocycles. The summed E-state index contributed by atoms with van der Waals surface area (Å²) in [5, 5.41) is 37.7. The molecule has 2 saturated carbocycles. The van der Waals surface area contributed by atoms with Crippen LogP contribution in [0.2, 0.25) is 0 Å². The first-order valence-electron chi connectivity index (χ1n) is 36.2. The van der Waals surface area contributed by atoms with E-state index in [1.165, 1.54) is 32.9 Å². The zero-order chi connectivity index (χ0) is 74.0. The van der Waals surface area contributed by atoms with E-state index in [2.05, 4.69) is 42.2 Å². The summed E-state index contributed by atoms with van der Waals surface area (Å²) < 4.78 is 31.7. The van der Waals surface area contributed by atoms with Crippen molar-refractivity contribution in [2.45, 2.75) is 155 Å². The van der Waals surface area contributed by atoms with Gasteiger partial charge in [-0.05, 0) is 137 Å². The number of amides is 9. The molecule has 6 heterocycles. The Morgan fingerprint density at radius 2 is 1.30 bits per heavy atom. The molecule has 1 unspecified atom stereocenters. The van der Waals surface area contributed by atoms with Crippen LogP contribution in [-0.4, -0.2) is 174 Å². The number of aromatic nitrogens is 3. The molecule has 7 aliphatic rings. The summed E-state index contributed by atoms with van der Waals surface area (Å²) in [4.78, 5) is 129. The third kappa shape index (κ3) is 15.6. The second kappa shape index (κ2) is 30.5. The van der Waals surface area contributed by atoms with Gasteiger partial charge in [0.1, 0.15) is 24.4 Å². The van der Waals surface area contributed by atoms with Crippen molar-refractivity contribution in [1.82, 2.24) is 46.1 Å². The molecule has 2 saturated heterocycles. The van der Waals surface area contributed by atoms with Crippen LogP contribution >= 0.6 is 0 Å². The molecule has 4 fully saturated rings. The molecule has 1 aromatic heterocycles. The number of fused-ring (bicyclic) bond motifs is 9. The fourth-order valence-electron chi connectivity index (χ4n) is 14.9. The molecule has 9 amide bonds. The minimum absolute atomic E-state index is 0.0182. The van der Waals surface area contributed by atoms with E-state index in [1.807, 2.05) is 78.0 Å². The third-order valence-electron chi connectivity index (χ3n) is 21.1. The Kier molecular flexibility index (Phi) is 21.1. The molecule has 5 atom stereocenters. The molecular weight excluding hydrogens is 1350 g/mol. The van der Waals surface area contributed by atoms with Crippen molar-refractivity contribution < 1.29 is 71.9 Å². The van der Waals surface area contributed by atoms with Gasteiger partial charge >= 0.3 is 6.09 Å². The molecule has 6 aromatic rings. The summed E-state index contributed by atoms with van der Waals surface area (Å²) in [5.74, 6) is -2.73. The highest BCUT2D eigenvalue weighted by Crippen LogP contribution is 2.58. The molecule has 0 radical (unpaired) electrons. The Morgan fingerprint density at radius 3 is 1.99 bits per heavy atom. The van der Waals surface area contributed by atoms with Gasteiger partial charge in [-0.15, -0.1) is 5.10 Å². The fourth-order valence-corrected chi connectivity index (χ4v) is 14.9. The van der Waals surface area contributed by atoms with E-state index >= 15 is 0 Å². The van der Waals surface area contributed by atoms with Gasteiger partial charge in [0.2, 0.25) is 35.4 Å². The first kappa shape index (κ1) is 72.6. The Bertz CT molecular complexity index is 4360. The Balaban J connectivity index is 0.555. The van der Waals surface area contributed by atoms with Gasteiger partial charge < -0.3 is 75.4 Å². The van der Waals surface area contributed by atoms with Crippen LogP contribution < -0.4 is 60.6 Å². The van der Waals surface area contributed by atoms with E-state index in [4.69, 9.17) is 23.7 Å². The van der Waals surface area contributed by atoms with Gasteiger partial charge in [0.15, 0.2) is 29.2 Å². The smallest absolute Gasteiger partial charge is 0.416 e. The number of hydrogen-bond donors (Lipinski definition) is 7. The number of unbranched alkanes of at least 4 members (excludes halogenated alkanes) is 2. The molecule has 105 heavy (non-hydrogen) atoms. The molecule has 0 bridgehead atoms. The molecule has 2 spiro atoms. The van der Waals surface area contributed by atoms with Crippen LogP contribution in [0.5, 0.6) is 23.0 Å². The molecule has 7 N–H and O–H groups in total. The highest BCUT2D eigenvalue weighted by Gasteiger charge is 2.58. The number of nitrogens with zero attached hydrogens (tertiary/aromatic N) is 7. The number of ether oxygens (including phenoxy) is 5. The van der Waals surface area contributed by atoms with E-state index in [-0.39, 0.29) is 90.6 Å². The van der Waals surface area contributed by atoms with E-state index < -0.39 is 79.0 Å². The summed E-state index contributed by atoms with van der Waals surface area (Å²) >= 11 is 0. The summed E-state index contributed by atoms with van der Waals surface area (Å²) in [7, 11) is 3.03. The minimum Gasteiger partial charge on any atom is -0.493 e. The number of carbonyl (C=O) groups excluding carboxylic acids is 9. The lowest BCUT2D eigenvalue weighted by Crippen LogP contribution is -2.55. The summed E-state index contributed by atoms with van der Waals surface area (Å²) in [6.07, 6.45) is 4.92. The van der Waals surface area contributed by atoms with Crippen molar-refractivity contribution in [1.29, 1.82) is 0 Å². The van der Waals surface area contributed by atoms with Gasteiger partial charge in [-0.1, -0.05) is 73.7 Å². The summed E-state index contributed by atoms with van der Waals surface area (Å²) in [6, 6.07) is 25.6. The van der Waals surface area contributed by atoms with E-state index in [0.29, 0.717) is 90.5 Å². The fraction of sp³-hybridized carbons (Fsp3) is 0.468. The number of benzene rings is 5. The molecule has 28 heteroatoms. The molecule has 554 valence electrons. The lowest BCUT2D eigenvalue weighted by atomic mass is 9.95. The highest BCUT2D eigenvalue weighted by molar-refractivity contribution is 6.07. The second-order valence-corrected chi connectivity index (χ2v) is 29.3. The van der Waals surface area contributed by atoms with Crippen LogP contribution in [0.1, 0.15) is 143 Å². The zero-order valence-corrected chi connectivity index (χ0v) is 60.2. The van der Waals surface area contributed by atoms with Crippen LogP contribution in [0.3, 0.4) is 0 Å². The standard InChI is InChI=1S/C77H91N13O15/c1-44(2)67(83-65(93)39-80-64(92)38-79-63(91)23-24-66(94)86-40-48-15-9-10-16-51(48)69-68(84-85-90(69)45(3)4)52-17-11-12-18-56(52)86)71(96)81-46(5)70(95)82-49-21-19-47(20-22-49)41-105-75(100)89-57-34-62(60(102-7)32-54(57)73(98)88-43-77(27-28-77)36-58(88)74(89)99)104-30-14-8-13-29-103-61-33-55-53(31-59(61)101-6)72(97)87-42-76(25-26-76)35-50(87)37-78-55/h9-12,15-22,31-34,44-46,50,58,67,74,78,99H,8,13-14,23-30,35-43H2,1-7H3,(H,79,91)(H,80,92)(H,81,96)(H,82,95)(H,83,93)/t46-,50-,58-,67-,74?/m0/s1. The summed E-state index contributed by atoms with van der Waals surface area (Å²) in [5.41, 5.74) is 7.19. The van der Waals surface area contributed by atoms with Gasteiger partial charge in [-0.3, -0.25) is 38.4 Å². The number of nitrogens with one attached hydrogen (secondary N) is 6. The molecule has 2 aliphatic carbocycles. The quantitative estimate of drug-likeness (QED) is 0.0254. The first-order valence-corrected chi connectivity index (χ1v) is 36.2. The largest absolute Gasteiger partial charge is 0.493 e. The van der Waals surface area contributed by atoms with Gasteiger partial charge in [0, 0.05) is 73.5 Å². The van der Waals surface area contributed by atoms with E-state index in [9.17, 15) is 48.3 Å². The molecule has 13 rings (SSSR count). The van der Waals surface area contributed by atoms with Gasteiger partial charge in [0.05, 0.1) is 87.0 Å². The highest BCUT2D eigenvalue weighted by atomic mass is 16.6. The van der Waals surface area contributed by atoms with Crippen molar-refractivity contribution in [2.75, 3.05) is 80.6 Å². The molecule has 5 aliphatic heterocycles. The maximum absolute atomic E-state index is 14.5. The number of anilines is 4. The maximum Gasteiger partial charge on any atom is 0.416 e. The minimum atomic E-state index is -1.47. The van der Waals surface area contributed by atoms with Crippen molar-refractivity contribution in [2.24, 2.45) is 16.7 Å². The van der Waals surface area contributed by atoms with Crippen LogP contribution in [0, 0.1) is 16.7 Å². The van der Waals surface area contributed by atoms with Crippen molar-refractivity contribution in [3.05, 3.63) is 119 Å². The van der Waals surface area contributed by atoms with Crippen LogP contribution in [-0.2, 0) is 46.7 Å². The lowest BCUT2D eigenvalue weighted by molar-refractivity contribution is -0.132. The normalized spacial score (nSPS) is 18.7. The van der Waals surface area contributed by atoms with Crippen molar-refractivity contribution in [3.8, 4) is 45.5 Å². The SMILES string of the molecule is COc1cc2c(cc1OCCCCCOc1cc3c(cc1OC)C(=O)N1CC4(CC4)C[C@H]1C(O)N3C(=O)OCc1ccc(NC(=O)[C@H](C)NC(=O)[C@@H](NC(=O)CNC(=O)CNC(=O)CCC(=O)N3Cc4ccccc4-c4c(nnn4C(C)C)-c4ccccc43)C(C)C)cc1)NC[C@@H]1CC3(CC3)CN1C2=O.